The Kier molecular flexibility index (Phi) is 6.78. The van der Waals surface area contributed by atoms with Gasteiger partial charge < -0.3 is 14.2 Å². The van der Waals surface area contributed by atoms with E-state index in [1.165, 1.54) is 7.11 Å². The SMILES string of the molecule is CCc1ccc(C(=O)C(C)OC(=O)COc2ccc(C)cc2OC)cc1. The number of methoxy groups -OCH3 is 1. The van der Waals surface area contributed by atoms with Gasteiger partial charge in [-0.3, -0.25) is 4.79 Å². The van der Waals surface area contributed by atoms with Gasteiger partial charge in [-0.1, -0.05) is 37.3 Å². The zero-order valence-electron chi connectivity index (χ0n) is 15.6. The van der Waals surface area contributed by atoms with Crippen LogP contribution in [-0.4, -0.2) is 31.6 Å². The van der Waals surface area contributed by atoms with Crippen LogP contribution in [0.4, 0.5) is 0 Å². The molecule has 0 spiro atoms. The number of carbonyl (C=O) groups excluding carboxylic acids is 2. The molecule has 5 nitrogen and oxygen atoms in total. The van der Waals surface area contributed by atoms with Crippen LogP contribution in [-0.2, 0) is 16.0 Å². The number of rotatable bonds is 8. The second kappa shape index (κ2) is 9.04. The van der Waals surface area contributed by atoms with Gasteiger partial charge in [0.25, 0.3) is 0 Å². The van der Waals surface area contributed by atoms with Crippen molar-refractivity contribution in [2.45, 2.75) is 33.3 Å². The van der Waals surface area contributed by atoms with Crippen LogP contribution in [0.25, 0.3) is 0 Å². The van der Waals surface area contributed by atoms with Crippen LogP contribution < -0.4 is 9.47 Å². The quantitative estimate of drug-likeness (QED) is 0.532. The van der Waals surface area contributed by atoms with Gasteiger partial charge in [-0.15, -0.1) is 0 Å². The lowest BCUT2D eigenvalue weighted by Gasteiger charge is -2.14. The minimum absolute atomic E-state index is 0.242. The van der Waals surface area contributed by atoms with E-state index in [1.54, 1.807) is 25.1 Å². The number of aryl methyl sites for hydroxylation is 2. The maximum absolute atomic E-state index is 12.4. The Morgan fingerprint density at radius 1 is 1.04 bits per heavy atom. The highest BCUT2D eigenvalue weighted by Gasteiger charge is 2.20. The molecular formula is C21H24O5. The molecule has 1 unspecified atom stereocenters. The molecule has 0 aliphatic rings. The Labute approximate surface area is 153 Å². The third-order valence-corrected chi connectivity index (χ3v) is 3.99. The van der Waals surface area contributed by atoms with Crippen molar-refractivity contribution in [2.24, 2.45) is 0 Å². The maximum Gasteiger partial charge on any atom is 0.344 e. The van der Waals surface area contributed by atoms with Crippen LogP contribution in [0.15, 0.2) is 42.5 Å². The molecule has 5 heteroatoms. The van der Waals surface area contributed by atoms with Crippen molar-refractivity contribution in [3.8, 4) is 11.5 Å². The number of benzene rings is 2. The van der Waals surface area contributed by atoms with E-state index in [2.05, 4.69) is 0 Å². The molecule has 26 heavy (non-hydrogen) atoms. The highest BCUT2D eigenvalue weighted by Crippen LogP contribution is 2.27. The van der Waals surface area contributed by atoms with Gasteiger partial charge in [-0.2, -0.15) is 0 Å². The minimum atomic E-state index is -0.876. The second-order valence-electron chi connectivity index (χ2n) is 5.99. The van der Waals surface area contributed by atoms with E-state index < -0.39 is 12.1 Å². The summed E-state index contributed by atoms with van der Waals surface area (Å²) in [6, 6.07) is 12.7. The van der Waals surface area contributed by atoms with E-state index in [4.69, 9.17) is 14.2 Å². The van der Waals surface area contributed by atoms with Gasteiger partial charge in [-0.25, -0.2) is 4.79 Å². The number of ether oxygens (including phenoxy) is 3. The van der Waals surface area contributed by atoms with Gasteiger partial charge in [0.2, 0.25) is 5.78 Å². The van der Waals surface area contributed by atoms with Gasteiger partial charge in [0.05, 0.1) is 7.11 Å². The van der Waals surface area contributed by atoms with Gasteiger partial charge >= 0.3 is 5.97 Å². The summed E-state index contributed by atoms with van der Waals surface area (Å²) in [4.78, 5) is 24.3. The first kappa shape index (κ1) is 19.5. The Balaban J connectivity index is 1.91. The third-order valence-electron chi connectivity index (χ3n) is 3.99. The van der Waals surface area contributed by atoms with Crippen molar-refractivity contribution in [1.29, 1.82) is 0 Å². The first-order chi connectivity index (χ1) is 12.4. The highest BCUT2D eigenvalue weighted by molar-refractivity contribution is 6.00. The molecule has 2 aromatic carbocycles. The van der Waals surface area contributed by atoms with Crippen molar-refractivity contribution in [2.75, 3.05) is 13.7 Å². The summed E-state index contributed by atoms with van der Waals surface area (Å²) in [6.45, 7) is 5.23. The second-order valence-corrected chi connectivity index (χ2v) is 5.99. The number of ketones is 1. The molecule has 1 atom stereocenters. The molecule has 0 aliphatic heterocycles. The van der Waals surface area contributed by atoms with E-state index in [9.17, 15) is 9.59 Å². The maximum atomic E-state index is 12.4. The number of Topliss-reactive ketones (excluding diaryl/α,β-unsaturated/α-hetero) is 1. The average molecular weight is 356 g/mol. The first-order valence-corrected chi connectivity index (χ1v) is 8.54. The molecule has 138 valence electrons. The fourth-order valence-electron chi connectivity index (χ4n) is 2.45. The van der Waals surface area contributed by atoms with Gasteiger partial charge in [0.1, 0.15) is 0 Å². The predicted molar refractivity (Wildman–Crippen MR) is 98.9 cm³/mol. The average Bonchev–Trinajstić information content (AvgIpc) is 2.66. The minimum Gasteiger partial charge on any atom is -0.493 e. The summed E-state index contributed by atoms with van der Waals surface area (Å²) >= 11 is 0. The molecule has 0 bridgehead atoms. The number of esters is 1. The molecule has 0 saturated heterocycles. The Bertz CT molecular complexity index is 764. The lowest BCUT2D eigenvalue weighted by Crippen LogP contribution is -2.27. The largest absolute Gasteiger partial charge is 0.493 e. The summed E-state index contributed by atoms with van der Waals surface area (Å²) in [5.74, 6) is 0.134. The lowest BCUT2D eigenvalue weighted by molar-refractivity contribution is -0.148. The van der Waals surface area contributed by atoms with Gasteiger partial charge in [-0.05, 0) is 43.5 Å². The lowest BCUT2D eigenvalue weighted by atomic mass is 10.0. The van der Waals surface area contributed by atoms with E-state index >= 15 is 0 Å². The summed E-state index contributed by atoms with van der Waals surface area (Å²) in [5, 5.41) is 0. The van der Waals surface area contributed by atoms with Gasteiger partial charge in [0.15, 0.2) is 24.2 Å². The first-order valence-electron chi connectivity index (χ1n) is 8.54. The monoisotopic (exact) mass is 356 g/mol. The number of hydrogen-bond acceptors (Lipinski definition) is 5. The Morgan fingerprint density at radius 2 is 1.73 bits per heavy atom. The molecule has 0 aromatic heterocycles. The highest BCUT2D eigenvalue weighted by atomic mass is 16.6. The molecular weight excluding hydrogens is 332 g/mol. The van der Waals surface area contributed by atoms with Crippen molar-refractivity contribution in [3.05, 3.63) is 59.2 Å². The van der Waals surface area contributed by atoms with Crippen LogP contribution in [0.5, 0.6) is 11.5 Å². The Morgan fingerprint density at radius 3 is 2.35 bits per heavy atom. The van der Waals surface area contributed by atoms with Crippen molar-refractivity contribution < 1.29 is 23.8 Å². The smallest absolute Gasteiger partial charge is 0.344 e. The number of hydrogen-bond donors (Lipinski definition) is 0. The molecule has 0 amide bonds. The van der Waals surface area contributed by atoms with Crippen LogP contribution >= 0.6 is 0 Å². The van der Waals surface area contributed by atoms with Crippen LogP contribution in [0.3, 0.4) is 0 Å². The Hall–Kier alpha value is -2.82. The molecule has 2 aromatic rings. The standard InChI is InChI=1S/C21H24O5/c1-5-16-7-9-17(10-8-16)21(23)15(3)26-20(22)13-25-18-11-6-14(2)12-19(18)24-4/h6-12,15H,5,13H2,1-4H3. The summed E-state index contributed by atoms with van der Waals surface area (Å²) in [7, 11) is 1.53. The summed E-state index contributed by atoms with van der Waals surface area (Å²) in [5.41, 5.74) is 2.68. The zero-order valence-corrected chi connectivity index (χ0v) is 15.6. The molecule has 0 fully saturated rings. The van der Waals surface area contributed by atoms with E-state index in [-0.39, 0.29) is 12.4 Å². The van der Waals surface area contributed by atoms with Crippen LogP contribution in [0, 0.1) is 6.92 Å². The van der Waals surface area contributed by atoms with Crippen molar-refractivity contribution in [1.82, 2.24) is 0 Å². The van der Waals surface area contributed by atoms with E-state index in [1.807, 2.05) is 38.1 Å². The van der Waals surface area contributed by atoms with E-state index in [0.29, 0.717) is 17.1 Å². The summed E-state index contributed by atoms with van der Waals surface area (Å²) in [6.07, 6.45) is 0.0252. The van der Waals surface area contributed by atoms with Gasteiger partial charge in [0, 0.05) is 5.56 Å². The summed E-state index contributed by atoms with van der Waals surface area (Å²) < 4.78 is 15.9. The molecule has 0 N–H and O–H groups in total. The van der Waals surface area contributed by atoms with E-state index in [0.717, 1.165) is 17.5 Å². The molecule has 0 aliphatic carbocycles. The third kappa shape index (κ3) is 5.09. The normalized spacial score (nSPS) is 11.5. The predicted octanol–water partition coefficient (Wildman–Crippen LogP) is 3.76. The molecule has 0 radical (unpaired) electrons. The zero-order chi connectivity index (χ0) is 19.1. The van der Waals surface area contributed by atoms with Crippen molar-refractivity contribution >= 4 is 11.8 Å². The topological polar surface area (TPSA) is 61.8 Å². The van der Waals surface area contributed by atoms with Crippen LogP contribution in [0.1, 0.15) is 35.3 Å². The fraction of sp³-hybridized carbons (Fsp3) is 0.333. The molecule has 0 saturated carbocycles. The van der Waals surface area contributed by atoms with Crippen LogP contribution in [0.2, 0.25) is 0 Å². The van der Waals surface area contributed by atoms with Crippen molar-refractivity contribution in [3.63, 3.8) is 0 Å². The fourth-order valence-corrected chi connectivity index (χ4v) is 2.45. The molecule has 0 heterocycles. The number of carbonyl (C=O) groups is 2. The molecule has 2 rings (SSSR count).